The molecule has 5 nitrogen and oxygen atoms in total. The largest absolute Gasteiger partial charge is 0.408 e. The number of halogens is 3. The highest BCUT2D eigenvalue weighted by atomic mass is 32.2. The Morgan fingerprint density at radius 1 is 1.50 bits per heavy atom. The van der Waals surface area contributed by atoms with Gasteiger partial charge in [0.05, 0.1) is 0 Å². The summed E-state index contributed by atoms with van der Waals surface area (Å²) >= 11 is 1.30. The molecule has 0 radical (unpaired) electrons. The molecule has 1 aliphatic heterocycles. The first-order valence-electron chi connectivity index (χ1n) is 4.34. The van der Waals surface area contributed by atoms with E-state index in [0.29, 0.717) is 17.4 Å². The summed E-state index contributed by atoms with van der Waals surface area (Å²) in [6.45, 7) is -0.733. The van der Waals surface area contributed by atoms with E-state index in [1.165, 1.54) is 11.8 Å². The molecular weight excluding hydrogens is 245 g/mol. The normalized spacial score (nSPS) is 16.8. The van der Waals surface area contributed by atoms with Gasteiger partial charge in [-0.05, 0) is 0 Å². The van der Waals surface area contributed by atoms with Gasteiger partial charge in [-0.3, -0.25) is 0 Å². The molecule has 0 N–H and O–H groups in total. The number of nitrogens with zero attached hydrogens (tertiary/aromatic N) is 4. The third-order valence-corrected chi connectivity index (χ3v) is 2.60. The van der Waals surface area contributed by atoms with Crippen molar-refractivity contribution in [2.24, 2.45) is 5.16 Å². The smallest absolute Gasteiger partial charge is 0.394 e. The van der Waals surface area contributed by atoms with Crippen LogP contribution in [0.4, 0.5) is 13.2 Å². The number of rotatable bonds is 2. The van der Waals surface area contributed by atoms with Crippen molar-refractivity contribution < 1.29 is 18.0 Å². The molecule has 1 aliphatic rings. The Bertz CT molecular complexity index is 403. The standard InChI is InChI=1S/C7H7F3N4OS/c8-7(9,10)3-14-5(11-4-12-14)6-13-15-1-2-16-6/h4H,1-3H2. The van der Waals surface area contributed by atoms with Gasteiger partial charge in [-0.1, -0.05) is 16.9 Å². The Labute approximate surface area is 92.7 Å². The van der Waals surface area contributed by atoms with Crippen LogP contribution in [0.25, 0.3) is 0 Å². The van der Waals surface area contributed by atoms with Gasteiger partial charge in [-0.25, -0.2) is 9.67 Å². The second-order valence-electron chi connectivity index (χ2n) is 2.93. The van der Waals surface area contributed by atoms with E-state index in [2.05, 4.69) is 15.2 Å². The molecule has 88 valence electrons. The second-order valence-corrected chi connectivity index (χ2v) is 4.02. The van der Waals surface area contributed by atoms with Crippen LogP contribution in [0.3, 0.4) is 0 Å². The summed E-state index contributed by atoms with van der Waals surface area (Å²) in [5, 5.41) is 7.49. The van der Waals surface area contributed by atoms with Crippen LogP contribution in [-0.4, -0.2) is 38.3 Å². The predicted octanol–water partition coefficient (Wildman–Crippen LogP) is 1.27. The van der Waals surface area contributed by atoms with E-state index >= 15 is 0 Å². The molecule has 0 saturated heterocycles. The van der Waals surface area contributed by atoms with Crippen LogP contribution in [0.1, 0.15) is 5.82 Å². The van der Waals surface area contributed by atoms with Crippen LogP contribution < -0.4 is 0 Å². The van der Waals surface area contributed by atoms with Gasteiger partial charge >= 0.3 is 6.18 Å². The van der Waals surface area contributed by atoms with E-state index in [9.17, 15) is 13.2 Å². The summed E-state index contributed by atoms with van der Waals surface area (Å²) in [6, 6.07) is 0. The summed E-state index contributed by atoms with van der Waals surface area (Å²) in [4.78, 5) is 8.54. The molecule has 0 spiro atoms. The lowest BCUT2D eigenvalue weighted by Gasteiger charge is -2.12. The van der Waals surface area contributed by atoms with Crippen molar-refractivity contribution in [1.82, 2.24) is 14.8 Å². The number of hydrogen-bond donors (Lipinski definition) is 0. The second kappa shape index (κ2) is 4.32. The fourth-order valence-electron chi connectivity index (χ4n) is 1.13. The Morgan fingerprint density at radius 2 is 2.31 bits per heavy atom. The van der Waals surface area contributed by atoms with Crippen LogP contribution in [-0.2, 0) is 11.4 Å². The third kappa shape index (κ3) is 2.65. The summed E-state index contributed by atoms with van der Waals surface area (Å²) in [6.07, 6.45) is -3.26. The number of oxime groups is 1. The molecule has 0 bridgehead atoms. The average Bonchev–Trinajstić information content (AvgIpc) is 2.64. The van der Waals surface area contributed by atoms with Crippen LogP contribution >= 0.6 is 11.8 Å². The van der Waals surface area contributed by atoms with Crippen molar-refractivity contribution in [3.63, 3.8) is 0 Å². The van der Waals surface area contributed by atoms with E-state index in [1.807, 2.05) is 0 Å². The molecule has 9 heteroatoms. The molecule has 0 unspecified atom stereocenters. The Balaban J connectivity index is 2.21. The maximum Gasteiger partial charge on any atom is 0.408 e. The zero-order chi connectivity index (χ0) is 11.6. The van der Waals surface area contributed by atoms with Gasteiger partial charge < -0.3 is 4.84 Å². The maximum atomic E-state index is 12.2. The van der Waals surface area contributed by atoms with Crippen molar-refractivity contribution in [3.05, 3.63) is 12.2 Å². The highest BCUT2D eigenvalue weighted by Crippen LogP contribution is 2.20. The first kappa shape index (κ1) is 11.2. The van der Waals surface area contributed by atoms with Gasteiger partial charge in [0.2, 0.25) is 0 Å². The van der Waals surface area contributed by atoms with Crippen LogP contribution in [0.5, 0.6) is 0 Å². The Hall–Kier alpha value is -1.25. The fourth-order valence-corrected chi connectivity index (χ4v) is 1.87. The predicted molar refractivity (Wildman–Crippen MR) is 51.0 cm³/mol. The number of thioether (sulfide) groups is 1. The van der Waals surface area contributed by atoms with Crippen molar-refractivity contribution in [2.45, 2.75) is 12.7 Å². The highest BCUT2D eigenvalue weighted by Gasteiger charge is 2.31. The first-order chi connectivity index (χ1) is 7.56. The van der Waals surface area contributed by atoms with Crippen LogP contribution in [0.2, 0.25) is 0 Å². The number of hydrogen-bond acceptors (Lipinski definition) is 5. The van der Waals surface area contributed by atoms with Gasteiger partial charge in [-0.15, -0.1) is 0 Å². The van der Waals surface area contributed by atoms with Gasteiger partial charge in [0.25, 0.3) is 0 Å². The van der Waals surface area contributed by atoms with Gasteiger partial charge in [-0.2, -0.15) is 18.3 Å². The van der Waals surface area contributed by atoms with Gasteiger partial charge in [0.1, 0.15) is 19.5 Å². The van der Waals surface area contributed by atoms with Crippen molar-refractivity contribution in [3.8, 4) is 0 Å². The monoisotopic (exact) mass is 252 g/mol. The molecule has 0 atom stereocenters. The molecule has 2 rings (SSSR count). The molecule has 0 amide bonds. The molecule has 0 fully saturated rings. The average molecular weight is 252 g/mol. The van der Waals surface area contributed by atoms with E-state index in [0.717, 1.165) is 11.0 Å². The minimum atomic E-state index is -4.33. The van der Waals surface area contributed by atoms with Gasteiger partial charge in [0, 0.05) is 5.75 Å². The van der Waals surface area contributed by atoms with Crippen LogP contribution in [0.15, 0.2) is 11.5 Å². The zero-order valence-corrected chi connectivity index (χ0v) is 8.75. The van der Waals surface area contributed by atoms with Crippen molar-refractivity contribution in [1.29, 1.82) is 0 Å². The molecule has 0 aromatic carbocycles. The van der Waals surface area contributed by atoms with Crippen molar-refractivity contribution in [2.75, 3.05) is 12.4 Å². The number of alkyl halides is 3. The maximum absolute atomic E-state index is 12.2. The quantitative estimate of drug-likeness (QED) is 0.795. The molecule has 1 aromatic heterocycles. The first-order valence-corrected chi connectivity index (χ1v) is 5.32. The topological polar surface area (TPSA) is 52.3 Å². The molecular formula is C7H7F3N4OS. The van der Waals surface area contributed by atoms with E-state index in [-0.39, 0.29) is 5.82 Å². The minimum Gasteiger partial charge on any atom is -0.394 e. The summed E-state index contributed by atoms with van der Waals surface area (Å²) in [5.41, 5.74) is 0. The van der Waals surface area contributed by atoms with Gasteiger partial charge in [0.15, 0.2) is 10.9 Å². The zero-order valence-electron chi connectivity index (χ0n) is 7.94. The van der Waals surface area contributed by atoms with E-state index < -0.39 is 12.7 Å². The Kier molecular flexibility index (Phi) is 3.03. The minimum absolute atomic E-state index is 0.0852. The SMILES string of the molecule is FC(F)(F)Cn1ncnc1C1=NOCCS1. The van der Waals surface area contributed by atoms with Crippen LogP contribution in [0, 0.1) is 0 Å². The van der Waals surface area contributed by atoms with Crippen molar-refractivity contribution >= 4 is 16.8 Å². The highest BCUT2D eigenvalue weighted by molar-refractivity contribution is 8.14. The van der Waals surface area contributed by atoms with E-state index in [1.54, 1.807) is 0 Å². The molecule has 2 heterocycles. The number of aromatic nitrogens is 3. The lowest BCUT2D eigenvalue weighted by molar-refractivity contribution is -0.142. The lowest BCUT2D eigenvalue weighted by atomic mass is 10.6. The summed E-state index contributed by atoms with van der Waals surface area (Å²) < 4.78 is 37.4. The summed E-state index contributed by atoms with van der Waals surface area (Å²) in [7, 11) is 0. The summed E-state index contributed by atoms with van der Waals surface area (Å²) in [5.74, 6) is 0.722. The third-order valence-electron chi connectivity index (χ3n) is 1.70. The molecule has 0 saturated carbocycles. The molecule has 16 heavy (non-hydrogen) atoms. The molecule has 0 aliphatic carbocycles. The van der Waals surface area contributed by atoms with E-state index in [4.69, 9.17) is 4.84 Å². The lowest BCUT2D eigenvalue weighted by Crippen LogP contribution is -2.23. The molecule has 1 aromatic rings. The Morgan fingerprint density at radius 3 is 2.94 bits per heavy atom. The fraction of sp³-hybridized carbons (Fsp3) is 0.571.